The summed E-state index contributed by atoms with van der Waals surface area (Å²) < 4.78 is 26.7. The molecule has 2 N–H and O–H groups in total. The molecule has 30 heavy (non-hydrogen) atoms. The zero-order valence-electron chi connectivity index (χ0n) is 15.8. The van der Waals surface area contributed by atoms with Crippen LogP contribution < -0.4 is 10.6 Å². The van der Waals surface area contributed by atoms with Crippen molar-refractivity contribution >= 4 is 48.1 Å². The Morgan fingerprint density at radius 3 is 2.63 bits per heavy atom. The number of hydrogen-bond acceptors (Lipinski definition) is 6. The Hall–Kier alpha value is -2.32. The van der Waals surface area contributed by atoms with Gasteiger partial charge in [-0.3, -0.25) is 0 Å². The summed E-state index contributed by atoms with van der Waals surface area (Å²) in [5.41, 5.74) is 1.78. The number of carbonyl (C=O) groups is 1. The third kappa shape index (κ3) is 5.86. The monoisotopic (exact) mass is 470 g/mol. The molecule has 0 atom stereocenters. The molecule has 0 aliphatic carbocycles. The van der Waals surface area contributed by atoms with Gasteiger partial charge in [0.05, 0.1) is 6.61 Å². The second-order valence-electron chi connectivity index (χ2n) is 6.39. The topological polar surface area (TPSA) is 88.0 Å². The van der Waals surface area contributed by atoms with E-state index >= 15 is 0 Å². The summed E-state index contributed by atoms with van der Waals surface area (Å²) >= 11 is 7.46. The number of nitrogens with one attached hydrogen (secondary N) is 1. The summed E-state index contributed by atoms with van der Waals surface area (Å²) in [5.74, 6) is -0.368. The second-order valence-corrected chi connectivity index (χ2v) is 10.2. The van der Waals surface area contributed by atoms with Gasteiger partial charge in [0.15, 0.2) is 0 Å². The average molecular weight is 471 g/mol. The van der Waals surface area contributed by atoms with E-state index in [1.807, 2.05) is 0 Å². The molecule has 1 amide bonds. The number of benzene rings is 1. The summed E-state index contributed by atoms with van der Waals surface area (Å²) in [6, 6.07) is 7.61. The number of aliphatic hydroxyl groups excluding tert-OH is 1. The van der Waals surface area contributed by atoms with Gasteiger partial charge in [-0.25, -0.2) is 0 Å². The Morgan fingerprint density at radius 2 is 2.03 bits per heavy atom. The molecule has 0 aliphatic heterocycles. The quantitative estimate of drug-likeness (QED) is 0.404. The van der Waals surface area contributed by atoms with Crippen LogP contribution in [0.1, 0.15) is 16.3 Å². The van der Waals surface area contributed by atoms with Crippen LogP contribution in [0.15, 0.2) is 42.6 Å². The fourth-order valence-corrected chi connectivity index (χ4v) is 4.10. The molecule has 0 fully saturated rings. The fraction of sp³-hybridized carbons (Fsp3) is 0.158. The van der Waals surface area contributed by atoms with E-state index in [4.69, 9.17) is 16.7 Å². The number of hydrogen-bond donors (Lipinski definition) is 2. The Balaban J connectivity index is 1.59. The Morgan fingerprint density at radius 1 is 1.30 bits per heavy atom. The molecule has 0 aliphatic rings. The number of amides is 1. The number of aliphatic hydroxyl groups is 1. The average Bonchev–Trinajstić information content (AvgIpc) is 3.20. The predicted molar refractivity (Wildman–Crippen MR) is 117 cm³/mol. The van der Waals surface area contributed by atoms with Gasteiger partial charge in [0.25, 0.3) is 0 Å². The van der Waals surface area contributed by atoms with Gasteiger partial charge in [0.1, 0.15) is 10.0 Å². The van der Waals surface area contributed by atoms with Crippen LogP contribution in [-0.4, -0.2) is 32.9 Å². The third-order valence-corrected chi connectivity index (χ3v) is 6.65. The number of rotatable bonds is 7. The van der Waals surface area contributed by atoms with Crippen LogP contribution in [0.3, 0.4) is 0 Å². The number of nitrogens with zero attached hydrogens (tertiary/aromatic N) is 3. The van der Waals surface area contributed by atoms with E-state index in [2.05, 4.69) is 20.5 Å². The van der Waals surface area contributed by atoms with Crippen molar-refractivity contribution < 1.29 is 18.3 Å². The molecule has 1 aromatic carbocycles. The number of carbonyl (C=O) groups excluding carboxylic acids is 1. The summed E-state index contributed by atoms with van der Waals surface area (Å²) in [6.45, 7) is 0.997. The molecule has 0 saturated carbocycles. The Labute approximate surface area is 181 Å². The minimum absolute atomic E-state index is 0.0581. The van der Waals surface area contributed by atoms with Crippen LogP contribution >= 0.6 is 30.8 Å². The minimum atomic E-state index is -4.32. The van der Waals surface area contributed by atoms with Gasteiger partial charge in [0.2, 0.25) is 0 Å². The zero-order valence-corrected chi connectivity index (χ0v) is 18.3. The third-order valence-electron chi connectivity index (χ3n) is 4.04. The maximum atomic E-state index is 13.4. The molecule has 0 spiro atoms. The summed E-state index contributed by atoms with van der Waals surface area (Å²) in [7, 11) is -4.32. The molecular formula is C19H18ClF2N4O2PS. The van der Waals surface area contributed by atoms with Crippen LogP contribution in [-0.2, 0) is 17.9 Å². The molecule has 2 heterocycles. The molecule has 0 bridgehead atoms. The molecule has 3 aromatic rings. The maximum absolute atomic E-state index is 13.4. The van der Waals surface area contributed by atoms with Crippen LogP contribution in [0, 0.1) is 0 Å². The van der Waals surface area contributed by atoms with Crippen molar-refractivity contribution in [1.82, 2.24) is 20.5 Å². The van der Waals surface area contributed by atoms with Crippen molar-refractivity contribution in [3.8, 4) is 10.6 Å². The van der Waals surface area contributed by atoms with Crippen LogP contribution in [0.2, 0.25) is 5.02 Å². The SMILES string of the molecule is C[PH](F)(F)c1ccc(CNC(=O)/C=C/c2ncc(-c3nnc(CO)s3)cc2Cl)cc1. The molecule has 6 nitrogen and oxygen atoms in total. The van der Waals surface area contributed by atoms with E-state index in [0.717, 1.165) is 12.2 Å². The molecule has 158 valence electrons. The molecule has 11 heteroatoms. The van der Waals surface area contributed by atoms with Crippen LogP contribution in [0.5, 0.6) is 0 Å². The van der Waals surface area contributed by atoms with E-state index in [-0.39, 0.29) is 24.4 Å². The standard InChI is InChI=1S/C19H18ClF2N4O2PS/c1-29(21,22)14-4-2-12(3-5-14)9-24-17(28)7-6-16-15(20)8-13(10-23-16)19-26-25-18(11-27)30-19/h2-8,10,27,29H,9,11H2,1H3,(H,24,28)/b7-6+. The van der Waals surface area contributed by atoms with E-state index in [9.17, 15) is 13.2 Å². The number of aromatic nitrogens is 3. The van der Waals surface area contributed by atoms with E-state index in [0.29, 0.717) is 26.3 Å². The van der Waals surface area contributed by atoms with Gasteiger partial charge in [-0.1, -0.05) is 11.3 Å². The molecule has 0 radical (unpaired) electrons. The fourth-order valence-electron chi connectivity index (χ4n) is 2.44. The van der Waals surface area contributed by atoms with Gasteiger partial charge >= 0.3 is 132 Å². The van der Waals surface area contributed by atoms with Crippen molar-refractivity contribution in [3.05, 3.63) is 63.9 Å². The van der Waals surface area contributed by atoms with Gasteiger partial charge in [-0.15, -0.1) is 10.2 Å². The Bertz CT molecular complexity index is 1070. The number of pyridine rings is 1. The van der Waals surface area contributed by atoms with Crippen molar-refractivity contribution in [2.75, 3.05) is 6.66 Å². The van der Waals surface area contributed by atoms with Crippen molar-refractivity contribution in [2.24, 2.45) is 0 Å². The normalized spacial score (nSPS) is 12.3. The summed E-state index contributed by atoms with van der Waals surface area (Å²) in [6.07, 6.45) is 4.33. The van der Waals surface area contributed by atoms with E-state index in [1.54, 1.807) is 24.4 Å². The number of halogens is 3. The van der Waals surface area contributed by atoms with Crippen LogP contribution in [0.4, 0.5) is 8.39 Å². The Kier molecular flexibility index (Phi) is 7.20. The summed E-state index contributed by atoms with van der Waals surface area (Å²) in [5, 5.41) is 21.0. The van der Waals surface area contributed by atoms with Crippen molar-refractivity contribution in [1.29, 1.82) is 0 Å². The molecule has 0 unspecified atom stereocenters. The molecule has 3 rings (SSSR count). The van der Waals surface area contributed by atoms with Gasteiger partial charge in [-0.05, 0) is 0 Å². The van der Waals surface area contributed by atoms with Crippen molar-refractivity contribution in [2.45, 2.75) is 13.2 Å². The van der Waals surface area contributed by atoms with Crippen molar-refractivity contribution in [3.63, 3.8) is 0 Å². The van der Waals surface area contributed by atoms with E-state index in [1.165, 1.54) is 35.6 Å². The first-order valence-corrected chi connectivity index (χ1v) is 12.2. The van der Waals surface area contributed by atoms with Gasteiger partial charge < -0.3 is 5.11 Å². The first-order chi connectivity index (χ1) is 14.3. The van der Waals surface area contributed by atoms with Gasteiger partial charge in [-0.2, -0.15) is 0 Å². The second kappa shape index (κ2) is 9.66. The first-order valence-electron chi connectivity index (χ1n) is 8.78. The first kappa shape index (κ1) is 22.4. The summed E-state index contributed by atoms with van der Waals surface area (Å²) in [4.78, 5) is 16.3. The molecular weight excluding hydrogens is 453 g/mol. The van der Waals surface area contributed by atoms with E-state index < -0.39 is 7.88 Å². The molecule has 0 saturated heterocycles. The van der Waals surface area contributed by atoms with Crippen LogP contribution in [0.25, 0.3) is 16.6 Å². The zero-order chi connectivity index (χ0) is 21.7. The predicted octanol–water partition coefficient (Wildman–Crippen LogP) is 3.85. The molecule has 2 aromatic heterocycles. The van der Waals surface area contributed by atoms with Gasteiger partial charge in [0, 0.05) is 5.56 Å².